The number of Topliss-reactive ketones (excluding diaryl/α,β-unsaturated/α-hetero) is 1. The molecule has 1 heterocycles. The molecule has 1 aliphatic rings. The number of oxime groups is 1. The summed E-state index contributed by atoms with van der Waals surface area (Å²) in [5.41, 5.74) is 10.4. The Balaban J connectivity index is 2.46. The third kappa shape index (κ3) is 5.73. The number of nitrogens with one attached hydrogen (secondary N) is 1. The number of nitrogens with zero attached hydrogens (tertiary/aromatic N) is 1. The van der Waals surface area contributed by atoms with Crippen LogP contribution in [0.3, 0.4) is 0 Å². The van der Waals surface area contributed by atoms with Crippen LogP contribution in [0, 0.1) is 11.8 Å². The molecule has 0 bridgehead atoms. The smallest absolute Gasteiger partial charge is 0.339 e. The Bertz CT molecular complexity index is 811. The highest BCUT2D eigenvalue weighted by molar-refractivity contribution is 7.88. The zero-order valence-electron chi connectivity index (χ0n) is 14.4. The molecule has 0 saturated carbocycles. The predicted octanol–water partition coefficient (Wildman–Crippen LogP) is -0.780. The molecule has 0 aliphatic carbocycles. The Hall–Kier alpha value is -2.02. The van der Waals surface area contributed by atoms with E-state index in [9.17, 15) is 22.0 Å². The summed E-state index contributed by atoms with van der Waals surface area (Å²) >= 11 is -2.15. The molecular formula is C15H22N4O6S2. The van der Waals surface area contributed by atoms with E-state index in [-0.39, 0.29) is 11.3 Å². The molecule has 0 aromatic heterocycles. The number of piperidine rings is 1. The Labute approximate surface area is 159 Å². The Morgan fingerprint density at radius 2 is 2.04 bits per heavy atom. The molecule has 2 rings (SSSR count). The van der Waals surface area contributed by atoms with Gasteiger partial charge in [-0.25, -0.2) is 4.21 Å². The minimum atomic E-state index is -4.54. The van der Waals surface area contributed by atoms with E-state index in [4.69, 9.17) is 11.5 Å². The summed E-state index contributed by atoms with van der Waals surface area (Å²) in [6.07, 6.45) is 0.301. The van der Waals surface area contributed by atoms with Crippen LogP contribution in [0.2, 0.25) is 0 Å². The summed E-state index contributed by atoms with van der Waals surface area (Å²) in [6, 6.07) is 7.89. The lowest BCUT2D eigenvalue weighted by atomic mass is 9.82. The molecule has 10 nitrogen and oxygen atoms in total. The van der Waals surface area contributed by atoms with Crippen molar-refractivity contribution in [2.45, 2.75) is 11.7 Å². The van der Waals surface area contributed by atoms with Crippen molar-refractivity contribution in [3.05, 3.63) is 35.9 Å². The minimum absolute atomic E-state index is 0.173. The van der Waals surface area contributed by atoms with Crippen molar-refractivity contribution in [1.82, 2.24) is 5.32 Å². The zero-order chi connectivity index (χ0) is 20.0. The standard InChI is InChI=1S/C15H22N4O6S2/c16-15(17)19-25-27(23,24)14(13(20)10-4-2-1-3-5-10)12-6-7-18-8-11(12)9-26(21)22/h1-5,11-12,14,18H,6-9H2,(H,21,22)(H4,16,17,19). The van der Waals surface area contributed by atoms with Gasteiger partial charge in [0, 0.05) is 5.56 Å². The van der Waals surface area contributed by atoms with Gasteiger partial charge < -0.3 is 21.3 Å². The Morgan fingerprint density at radius 3 is 2.63 bits per heavy atom. The van der Waals surface area contributed by atoms with E-state index >= 15 is 0 Å². The van der Waals surface area contributed by atoms with Crippen molar-refractivity contribution in [1.29, 1.82) is 0 Å². The van der Waals surface area contributed by atoms with Crippen LogP contribution in [0.5, 0.6) is 0 Å². The van der Waals surface area contributed by atoms with E-state index in [2.05, 4.69) is 14.8 Å². The van der Waals surface area contributed by atoms with Gasteiger partial charge in [0.1, 0.15) is 0 Å². The average Bonchev–Trinajstić information content (AvgIpc) is 2.62. The molecular weight excluding hydrogens is 396 g/mol. The molecule has 0 radical (unpaired) electrons. The summed E-state index contributed by atoms with van der Waals surface area (Å²) in [6.45, 7) is 0.753. The van der Waals surface area contributed by atoms with Gasteiger partial charge in [-0.15, -0.1) is 0 Å². The van der Waals surface area contributed by atoms with Gasteiger partial charge in [-0.2, -0.15) is 8.42 Å². The second-order valence-electron chi connectivity index (χ2n) is 6.14. The van der Waals surface area contributed by atoms with E-state index in [1.54, 1.807) is 18.2 Å². The van der Waals surface area contributed by atoms with E-state index in [1.165, 1.54) is 12.1 Å². The molecule has 4 unspecified atom stereocenters. The summed E-state index contributed by atoms with van der Waals surface area (Å²) in [4.78, 5) is 13.0. The fourth-order valence-electron chi connectivity index (χ4n) is 3.16. The van der Waals surface area contributed by atoms with E-state index in [0.29, 0.717) is 19.5 Å². The van der Waals surface area contributed by atoms with Crippen LogP contribution >= 0.6 is 0 Å². The van der Waals surface area contributed by atoms with Gasteiger partial charge in [-0.1, -0.05) is 30.3 Å². The van der Waals surface area contributed by atoms with Crippen LogP contribution in [0.4, 0.5) is 0 Å². The largest absolute Gasteiger partial charge is 0.367 e. The van der Waals surface area contributed by atoms with Crippen molar-refractivity contribution in [3.8, 4) is 0 Å². The molecule has 150 valence electrons. The van der Waals surface area contributed by atoms with Crippen LogP contribution in [0.25, 0.3) is 0 Å². The van der Waals surface area contributed by atoms with Gasteiger partial charge in [-0.3, -0.25) is 9.08 Å². The highest BCUT2D eigenvalue weighted by Crippen LogP contribution is 2.31. The SMILES string of the molecule is NC(N)=NOS(=O)(=O)C(C(=O)c1ccccc1)C1CCNCC1CS(=O)O. The number of ketones is 1. The summed E-state index contributed by atoms with van der Waals surface area (Å²) < 4.78 is 50.6. The number of nitrogens with two attached hydrogens (primary N) is 2. The molecule has 6 N–H and O–H groups in total. The highest BCUT2D eigenvalue weighted by atomic mass is 32.2. The fraction of sp³-hybridized carbons (Fsp3) is 0.467. The Kier molecular flexibility index (Phi) is 7.30. The van der Waals surface area contributed by atoms with Crippen molar-refractivity contribution < 1.29 is 26.3 Å². The minimum Gasteiger partial charge on any atom is -0.367 e. The number of carbonyl (C=O) groups is 1. The van der Waals surface area contributed by atoms with Gasteiger partial charge in [0.25, 0.3) is 0 Å². The average molecular weight is 418 g/mol. The number of rotatable bonds is 8. The van der Waals surface area contributed by atoms with E-state index in [1.807, 2.05) is 0 Å². The molecule has 12 heteroatoms. The highest BCUT2D eigenvalue weighted by Gasteiger charge is 2.46. The van der Waals surface area contributed by atoms with Gasteiger partial charge in [-0.05, 0) is 36.5 Å². The molecule has 4 atom stereocenters. The van der Waals surface area contributed by atoms with Crippen LogP contribution < -0.4 is 16.8 Å². The number of benzene rings is 1. The van der Waals surface area contributed by atoms with Crippen molar-refractivity contribution >= 4 is 32.9 Å². The van der Waals surface area contributed by atoms with Gasteiger partial charge in [0.15, 0.2) is 22.1 Å². The first-order valence-electron chi connectivity index (χ1n) is 8.11. The fourth-order valence-corrected chi connectivity index (χ4v) is 5.35. The third-order valence-electron chi connectivity index (χ3n) is 4.29. The lowest BCUT2D eigenvalue weighted by Gasteiger charge is -2.35. The summed E-state index contributed by atoms with van der Waals surface area (Å²) in [7, 11) is -4.54. The summed E-state index contributed by atoms with van der Waals surface area (Å²) in [5.74, 6) is -2.73. The normalized spacial score (nSPS) is 22.4. The number of hydrogen-bond acceptors (Lipinski definition) is 7. The van der Waals surface area contributed by atoms with Crippen LogP contribution in [0.15, 0.2) is 35.5 Å². The molecule has 1 aromatic carbocycles. The predicted molar refractivity (Wildman–Crippen MR) is 100 cm³/mol. The monoisotopic (exact) mass is 418 g/mol. The van der Waals surface area contributed by atoms with Gasteiger partial charge in [0.05, 0.1) is 5.75 Å². The molecule has 1 aliphatic heterocycles. The maximum absolute atomic E-state index is 13.0. The lowest BCUT2D eigenvalue weighted by Crippen LogP contribution is -2.49. The molecule has 1 fully saturated rings. The van der Waals surface area contributed by atoms with E-state index in [0.717, 1.165) is 0 Å². The maximum atomic E-state index is 13.0. The van der Waals surface area contributed by atoms with E-state index < -0.39 is 50.0 Å². The second kappa shape index (κ2) is 9.26. The van der Waals surface area contributed by atoms with Gasteiger partial charge >= 0.3 is 10.1 Å². The lowest BCUT2D eigenvalue weighted by molar-refractivity contribution is 0.0931. The number of guanidine groups is 1. The molecule has 0 spiro atoms. The molecule has 1 aromatic rings. The topological polar surface area (TPSA) is 174 Å². The third-order valence-corrected chi connectivity index (χ3v) is 6.47. The summed E-state index contributed by atoms with van der Waals surface area (Å²) in [5, 5.41) is 4.51. The maximum Gasteiger partial charge on any atom is 0.339 e. The van der Waals surface area contributed by atoms with Crippen molar-refractivity contribution in [2.75, 3.05) is 18.8 Å². The van der Waals surface area contributed by atoms with Gasteiger partial charge in [0.2, 0.25) is 5.96 Å². The van der Waals surface area contributed by atoms with Crippen molar-refractivity contribution in [2.24, 2.45) is 28.5 Å². The molecule has 27 heavy (non-hydrogen) atoms. The quantitative estimate of drug-likeness (QED) is 0.139. The van der Waals surface area contributed by atoms with Crippen LogP contribution in [-0.2, 0) is 25.5 Å². The van der Waals surface area contributed by atoms with Crippen LogP contribution in [0.1, 0.15) is 16.8 Å². The first-order chi connectivity index (χ1) is 12.7. The Morgan fingerprint density at radius 1 is 1.37 bits per heavy atom. The number of carbonyl (C=O) groups excluding carboxylic acids is 1. The van der Waals surface area contributed by atoms with Crippen LogP contribution in [-0.4, -0.2) is 53.0 Å². The second-order valence-corrected chi connectivity index (χ2v) is 8.76. The molecule has 1 saturated heterocycles. The molecule has 0 amide bonds. The first kappa shape index (κ1) is 21.3. The first-order valence-corrected chi connectivity index (χ1v) is 10.9. The number of hydrogen-bond donors (Lipinski definition) is 4. The van der Waals surface area contributed by atoms with Crippen molar-refractivity contribution in [3.63, 3.8) is 0 Å². The zero-order valence-corrected chi connectivity index (χ0v) is 16.0.